The topological polar surface area (TPSA) is 154 Å². The van der Waals surface area contributed by atoms with Crippen LogP contribution in [0.15, 0.2) is 46.9 Å². The van der Waals surface area contributed by atoms with Crippen molar-refractivity contribution in [2.45, 2.75) is 13.3 Å². The number of amides is 1. The summed E-state index contributed by atoms with van der Waals surface area (Å²) in [6.07, 6.45) is 0.353. The molecule has 142 valence electrons. The zero-order chi connectivity index (χ0) is 20.3. The number of rotatable bonds is 6. The maximum absolute atomic E-state index is 12.3. The monoisotopic (exact) mass is 383 g/mol. The molecule has 0 fully saturated rings. The first-order chi connectivity index (χ1) is 13.3. The standard InChI is InChI=1S/C17H13N5O6/c1-10-2-4-11(5-3-10)6-15-19-20-17(28-15)18-16(23)12-7-13(21(24)25)9-14(8-12)22(26)27/h2-5,7-9H,6H2,1H3,(H,18,20,23). The van der Waals surface area contributed by atoms with Crippen LogP contribution in [-0.2, 0) is 6.42 Å². The lowest BCUT2D eigenvalue weighted by atomic mass is 10.1. The number of nitrogens with zero attached hydrogens (tertiary/aromatic N) is 4. The van der Waals surface area contributed by atoms with Crippen LogP contribution < -0.4 is 5.32 Å². The van der Waals surface area contributed by atoms with E-state index in [1.54, 1.807) is 0 Å². The van der Waals surface area contributed by atoms with Crippen molar-refractivity contribution in [1.82, 2.24) is 10.2 Å². The second kappa shape index (κ2) is 7.61. The third-order valence-corrected chi connectivity index (χ3v) is 3.75. The minimum absolute atomic E-state index is 0.221. The number of nitrogens with one attached hydrogen (secondary N) is 1. The summed E-state index contributed by atoms with van der Waals surface area (Å²) < 4.78 is 5.34. The molecule has 0 aliphatic rings. The molecule has 28 heavy (non-hydrogen) atoms. The van der Waals surface area contributed by atoms with Crippen molar-refractivity contribution in [3.8, 4) is 0 Å². The summed E-state index contributed by atoms with van der Waals surface area (Å²) >= 11 is 0. The Hall–Kier alpha value is -4.15. The van der Waals surface area contributed by atoms with Gasteiger partial charge in [-0.2, -0.15) is 0 Å². The van der Waals surface area contributed by atoms with E-state index in [4.69, 9.17) is 4.42 Å². The fourth-order valence-electron chi connectivity index (χ4n) is 2.36. The highest BCUT2D eigenvalue weighted by Gasteiger charge is 2.21. The average Bonchev–Trinajstić information content (AvgIpc) is 3.10. The van der Waals surface area contributed by atoms with Gasteiger partial charge in [0.05, 0.1) is 27.9 Å². The van der Waals surface area contributed by atoms with Crippen LogP contribution in [0.1, 0.15) is 27.4 Å². The van der Waals surface area contributed by atoms with E-state index >= 15 is 0 Å². The molecule has 0 atom stereocenters. The van der Waals surface area contributed by atoms with Crippen molar-refractivity contribution in [3.05, 3.63) is 85.3 Å². The molecule has 11 nitrogen and oxygen atoms in total. The van der Waals surface area contributed by atoms with E-state index in [-0.39, 0.29) is 17.5 Å². The van der Waals surface area contributed by atoms with E-state index in [0.29, 0.717) is 6.42 Å². The molecule has 1 heterocycles. The molecule has 0 saturated heterocycles. The Kier molecular flexibility index (Phi) is 5.07. The van der Waals surface area contributed by atoms with Crippen LogP contribution in [0.5, 0.6) is 0 Å². The maximum atomic E-state index is 12.3. The van der Waals surface area contributed by atoms with Crippen LogP contribution in [0, 0.1) is 27.2 Å². The quantitative estimate of drug-likeness (QED) is 0.503. The summed E-state index contributed by atoms with van der Waals surface area (Å²) in [4.78, 5) is 32.5. The van der Waals surface area contributed by atoms with Crippen molar-refractivity contribution in [2.24, 2.45) is 0 Å². The maximum Gasteiger partial charge on any atom is 0.322 e. The second-order valence-corrected chi connectivity index (χ2v) is 5.87. The molecular formula is C17H13N5O6. The molecule has 0 radical (unpaired) electrons. The summed E-state index contributed by atoms with van der Waals surface area (Å²) in [6.45, 7) is 1.96. The summed E-state index contributed by atoms with van der Waals surface area (Å²) in [7, 11) is 0. The number of hydrogen-bond donors (Lipinski definition) is 1. The number of nitro benzene ring substituents is 2. The van der Waals surface area contributed by atoms with Crippen LogP contribution in [0.4, 0.5) is 17.4 Å². The van der Waals surface area contributed by atoms with E-state index in [1.165, 1.54) is 0 Å². The van der Waals surface area contributed by atoms with Gasteiger partial charge in [0.25, 0.3) is 17.3 Å². The SMILES string of the molecule is Cc1ccc(Cc2nnc(NC(=O)c3cc([N+](=O)[O-])cc([N+](=O)[O-])c3)o2)cc1. The van der Waals surface area contributed by atoms with Gasteiger partial charge in [-0.05, 0) is 12.5 Å². The predicted molar refractivity (Wildman–Crippen MR) is 96.0 cm³/mol. The lowest BCUT2D eigenvalue weighted by molar-refractivity contribution is -0.394. The van der Waals surface area contributed by atoms with Crippen LogP contribution in [-0.4, -0.2) is 26.0 Å². The van der Waals surface area contributed by atoms with E-state index in [0.717, 1.165) is 29.3 Å². The zero-order valence-corrected chi connectivity index (χ0v) is 14.5. The summed E-state index contributed by atoms with van der Waals surface area (Å²) in [5.41, 5.74) is 0.601. The average molecular weight is 383 g/mol. The number of nitro groups is 2. The first-order valence-electron chi connectivity index (χ1n) is 7.95. The molecule has 1 amide bonds. The molecule has 0 unspecified atom stereocenters. The Bertz CT molecular complexity index is 1030. The first kappa shape index (κ1) is 18.6. The Labute approximate surface area is 157 Å². The van der Waals surface area contributed by atoms with Gasteiger partial charge in [0.1, 0.15) is 0 Å². The second-order valence-electron chi connectivity index (χ2n) is 5.87. The van der Waals surface area contributed by atoms with Gasteiger partial charge in [-0.3, -0.25) is 30.3 Å². The van der Waals surface area contributed by atoms with Crippen molar-refractivity contribution in [3.63, 3.8) is 0 Å². The van der Waals surface area contributed by atoms with Crippen LogP contribution in [0.3, 0.4) is 0 Å². The Morgan fingerprint density at radius 3 is 2.21 bits per heavy atom. The minimum Gasteiger partial charge on any atom is -0.407 e. The van der Waals surface area contributed by atoms with Gasteiger partial charge in [-0.1, -0.05) is 34.9 Å². The number of carbonyl (C=O) groups excluding carboxylic acids is 1. The highest BCUT2D eigenvalue weighted by Crippen LogP contribution is 2.23. The molecule has 1 N–H and O–H groups in total. The molecule has 0 aliphatic carbocycles. The minimum atomic E-state index is -0.850. The van der Waals surface area contributed by atoms with E-state index < -0.39 is 27.1 Å². The molecule has 0 aliphatic heterocycles. The smallest absolute Gasteiger partial charge is 0.322 e. The highest BCUT2D eigenvalue weighted by molar-refractivity contribution is 6.04. The number of anilines is 1. The molecule has 3 rings (SSSR count). The summed E-state index contributed by atoms with van der Waals surface area (Å²) in [5.74, 6) is -0.596. The lowest BCUT2D eigenvalue weighted by Crippen LogP contribution is -2.13. The van der Waals surface area contributed by atoms with Gasteiger partial charge >= 0.3 is 6.01 Å². The van der Waals surface area contributed by atoms with Crippen LogP contribution in [0.25, 0.3) is 0 Å². The summed E-state index contributed by atoms with van der Waals surface area (Å²) in [5, 5.41) is 31.6. The number of benzene rings is 2. The van der Waals surface area contributed by atoms with E-state index in [1.807, 2.05) is 31.2 Å². The normalized spacial score (nSPS) is 10.5. The molecular weight excluding hydrogens is 370 g/mol. The Morgan fingerprint density at radius 2 is 1.64 bits per heavy atom. The molecule has 2 aromatic carbocycles. The number of aryl methyl sites for hydroxylation is 1. The molecule has 3 aromatic rings. The number of hydrogen-bond acceptors (Lipinski definition) is 8. The largest absolute Gasteiger partial charge is 0.407 e. The third kappa shape index (κ3) is 4.33. The van der Waals surface area contributed by atoms with E-state index in [9.17, 15) is 25.0 Å². The van der Waals surface area contributed by atoms with Gasteiger partial charge in [0.2, 0.25) is 5.89 Å². The van der Waals surface area contributed by atoms with Gasteiger partial charge < -0.3 is 4.42 Å². The number of carbonyl (C=O) groups is 1. The zero-order valence-electron chi connectivity index (χ0n) is 14.5. The predicted octanol–water partition coefficient (Wildman–Crippen LogP) is 3.04. The third-order valence-electron chi connectivity index (χ3n) is 3.75. The van der Waals surface area contributed by atoms with Gasteiger partial charge in [-0.15, -0.1) is 5.10 Å². The fraction of sp³-hybridized carbons (Fsp3) is 0.118. The van der Waals surface area contributed by atoms with Gasteiger partial charge in [0.15, 0.2) is 0 Å². The number of non-ortho nitro benzene ring substituents is 2. The lowest BCUT2D eigenvalue weighted by Gasteiger charge is -2.01. The van der Waals surface area contributed by atoms with Crippen LogP contribution >= 0.6 is 0 Å². The van der Waals surface area contributed by atoms with Crippen molar-refractivity contribution < 1.29 is 19.1 Å². The molecule has 0 saturated carbocycles. The molecule has 0 spiro atoms. The Balaban J connectivity index is 1.76. The summed E-state index contributed by atoms with van der Waals surface area (Å²) in [6, 6.07) is 10.1. The highest BCUT2D eigenvalue weighted by atomic mass is 16.6. The molecule has 0 bridgehead atoms. The van der Waals surface area contributed by atoms with Gasteiger partial charge in [0, 0.05) is 12.1 Å². The van der Waals surface area contributed by atoms with Crippen LogP contribution in [0.2, 0.25) is 0 Å². The van der Waals surface area contributed by atoms with Gasteiger partial charge in [-0.25, -0.2) is 0 Å². The Morgan fingerprint density at radius 1 is 1.04 bits per heavy atom. The van der Waals surface area contributed by atoms with Crippen molar-refractivity contribution in [1.29, 1.82) is 0 Å². The first-order valence-corrected chi connectivity index (χ1v) is 7.95. The van der Waals surface area contributed by atoms with Crippen molar-refractivity contribution >= 4 is 23.3 Å². The van der Waals surface area contributed by atoms with E-state index in [2.05, 4.69) is 15.5 Å². The fourth-order valence-corrected chi connectivity index (χ4v) is 2.36. The van der Waals surface area contributed by atoms with Crippen molar-refractivity contribution in [2.75, 3.05) is 5.32 Å². The molecule has 1 aromatic heterocycles. The number of aromatic nitrogens is 2. The molecule has 11 heteroatoms.